The molecular formula is C26H22F3N3O2S. The van der Waals surface area contributed by atoms with Crippen LogP contribution in [0.2, 0.25) is 0 Å². The molecule has 1 heterocycles. The topological polar surface area (TPSA) is 82.0 Å². The van der Waals surface area contributed by atoms with Crippen LogP contribution in [-0.4, -0.2) is 17.4 Å². The number of nitrogens with zero attached hydrogens (tertiary/aromatic N) is 1. The molecule has 1 aliphatic carbocycles. The minimum Gasteiger partial charge on any atom is -0.352 e. The molecule has 0 spiro atoms. The second-order valence-electron chi connectivity index (χ2n) is 8.37. The molecule has 0 unspecified atom stereocenters. The molecule has 9 heteroatoms. The van der Waals surface area contributed by atoms with Crippen LogP contribution in [0.15, 0.2) is 70.4 Å². The van der Waals surface area contributed by atoms with Crippen LogP contribution in [0.3, 0.4) is 0 Å². The van der Waals surface area contributed by atoms with Gasteiger partial charge in [-0.1, -0.05) is 53.7 Å². The van der Waals surface area contributed by atoms with Crippen LogP contribution in [0.4, 0.5) is 18.9 Å². The minimum absolute atomic E-state index is 0.0115. The Balaban J connectivity index is 1.60. The number of para-hydroxylation sites is 1. The average molecular weight is 498 g/mol. The number of anilines is 1. The number of nitrogens with one attached hydrogen (secondary N) is 2. The van der Waals surface area contributed by atoms with Gasteiger partial charge in [0.15, 0.2) is 5.78 Å². The third-order valence-corrected chi connectivity index (χ3v) is 6.95. The number of dihydropyridines is 1. The molecule has 180 valence electrons. The summed E-state index contributed by atoms with van der Waals surface area (Å²) in [6.45, 7) is 1.94. The van der Waals surface area contributed by atoms with E-state index in [9.17, 15) is 28.0 Å². The molecule has 2 aromatic carbocycles. The molecule has 2 aliphatic rings. The maximum atomic E-state index is 13.2. The number of rotatable bonds is 5. The molecule has 0 aromatic heterocycles. The summed E-state index contributed by atoms with van der Waals surface area (Å²) in [5.74, 6) is -1.41. The van der Waals surface area contributed by atoms with Gasteiger partial charge in [0.05, 0.1) is 39.6 Å². The Bertz CT molecular complexity index is 1270. The smallest absolute Gasteiger partial charge is 0.352 e. The second-order valence-corrected chi connectivity index (χ2v) is 9.36. The molecule has 4 rings (SSSR count). The molecule has 0 saturated heterocycles. The van der Waals surface area contributed by atoms with Crippen molar-refractivity contribution in [1.82, 2.24) is 5.32 Å². The van der Waals surface area contributed by atoms with Gasteiger partial charge >= 0.3 is 6.18 Å². The molecule has 0 saturated carbocycles. The quantitative estimate of drug-likeness (QED) is 0.545. The first-order chi connectivity index (χ1) is 16.7. The van der Waals surface area contributed by atoms with E-state index in [-0.39, 0.29) is 17.2 Å². The number of Topliss-reactive ketones (excluding diaryl/α,β-unsaturated/α-hetero) is 1. The van der Waals surface area contributed by atoms with E-state index in [1.165, 1.54) is 18.2 Å². The van der Waals surface area contributed by atoms with E-state index in [0.29, 0.717) is 35.4 Å². The average Bonchev–Trinajstić information content (AvgIpc) is 2.82. The predicted molar refractivity (Wildman–Crippen MR) is 128 cm³/mol. The number of allylic oxidation sites excluding steroid dienone is 3. The summed E-state index contributed by atoms with van der Waals surface area (Å²) in [6.07, 6.45) is -2.88. The van der Waals surface area contributed by atoms with Crippen molar-refractivity contribution >= 4 is 29.1 Å². The fourth-order valence-electron chi connectivity index (χ4n) is 4.29. The Morgan fingerprint density at radius 2 is 1.89 bits per heavy atom. The predicted octanol–water partition coefficient (Wildman–Crippen LogP) is 5.81. The van der Waals surface area contributed by atoms with Crippen LogP contribution in [0.5, 0.6) is 0 Å². The zero-order valence-corrected chi connectivity index (χ0v) is 19.6. The van der Waals surface area contributed by atoms with E-state index >= 15 is 0 Å². The Morgan fingerprint density at radius 1 is 1.17 bits per heavy atom. The van der Waals surface area contributed by atoms with Crippen molar-refractivity contribution in [2.75, 3.05) is 11.1 Å². The zero-order valence-electron chi connectivity index (χ0n) is 18.8. The lowest BCUT2D eigenvalue weighted by Gasteiger charge is -2.33. The SMILES string of the molecule is Cc1ccc([C@H]2C(C#N)=C(SCC(=O)Nc3ccccc3C(F)(F)F)NC3=C2C(=O)CCC3)cc1. The maximum absolute atomic E-state index is 13.2. The molecule has 0 bridgehead atoms. The van der Waals surface area contributed by atoms with Gasteiger partial charge in [0.2, 0.25) is 5.91 Å². The summed E-state index contributed by atoms with van der Waals surface area (Å²) >= 11 is 1.04. The highest BCUT2D eigenvalue weighted by molar-refractivity contribution is 8.03. The Kier molecular flexibility index (Phi) is 7.03. The van der Waals surface area contributed by atoms with Crippen molar-refractivity contribution in [3.05, 3.63) is 87.1 Å². The summed E-state index contributed by atoms with van der Waals surface area (Å²) in [5, 5.41) is 16.0. The molecule has 5 nitrogen and oxygen atoms in total. The lowest BCUT2D eigenvalue weighted by molar-refractivity contribution is -0.137. The van der Waals surface area contributed by atoms with Crippen LogP contribution >= 0.6 is 11.8 Å². The van der Waals surface area contributed by atoms with Gasteiger partial charge in [-0.05, 0) is 37.5 Å². The van der Waals surface area contributed by atoms with Crippen molar-refractivity contribution < 1.29 is 22.8 Å². The normalized spacial score (nSPS) is 18.0. The fraction of sp³-hybridized carbons (Fsp3) is 0.269. The number of alkyl halides is 3. The summed E-state index contributed by atoms with van der Waals surface area (Å²) in [6, 6.07) is 14.6. The summed E-state index contributed by atoms with van der Waals surface area (Å²) in [5.41, 5.74) is 2.22. The van der Waals surface area contributed by atoms with Crippen LogP contribution < -0.4 is 10.6 Å². The molecule has 1 aliphatic heterocycles. The van der Waals surface area contributed by atoms with Gasteiger partial charge < -0.3 is 10.6 Å². The van der Waals surface area contributed by atoms with Crippen molar-refractivity contribution in [1.29, 1.82) is 5.26 Å². The fourth-order valence-corrected chi connectivity index (χ4v) is 5.15. The number of nitriles is 1. The summed E-state index contributed by atoms with van der Waals surface area (Å²) in [4.78, 5) is 25.4. The van der Waals surface area contributed by atoms with Gasteiger partial charge in [-0.3, -0.25) is 9.59 Å². The Morgan fingerprint density at radius 3 is 2.57 bits per heavy atom. The summed E-state index contributed by atoms with van der Waals surface area (Å²) in [7, 11) is 0. The second kappa shape index (κ2) is 10.0. The maximum Gasteiger partial charge on any atom is 0.418 e. The van der Waals surface area contributed by atoms with E-state index < -0.39 is 23.6 Å². The molecule has 1 amide bonds. The Labute approximate surface area is 205 Å². The van der Waals surface area contributed by atoms with Gasteiger partial charge in [-0.2, -0.15) is 18.4 Å². The van der Waals surface area contributed by atoms with Crippen LogP contribution in [-0.2, 0) is 15.8 Å². The molecule has 0 radical (unpaired) electrons. The van der Waals surface area contributed by atoms with Gasteiger partial charge in [0, 0.05) is 17.7 Å². The molecule has 2 aromatic rings. The monoisotopic (exact) mass is 497 g/mol. The lowest BCUT2D eigenvalue weighted by atomic mass is 9.77. The highest BCUT2D eigenvalue weighted by Crippen LogP contribution is 2.44. The lowest BCUT2D eigenvalue weighted by Crippen LogP contribution is -2.31. The molecule has 0 fully saturated rings. The molecule has 1 atom stereocenters. The largest absolute Gasteiger partial charge is 0.418 e. The number of ketones is 1. The van der Waals surface area contributed by atoms with Crippen molar-refractivity contribution in [3.63, 3.8) is 0 Å². The van der Waals surface area contributed by atoms with E-state index in [2.05, 4.69) is 16.7 Å². The molecular weight excluding hydrogens is 475 g/mol. The van der Waals surface area contributed by atoms with E-state index in [1.807, 2.05) is 31.2 Å². The van der Waals surface area contributed by atoms with Crippen LogP contribution in [0.25, 0.3) is 0 Å². The number of carbonyl (C=O) groups excluding carboxylic acids is 2. The number of thioether (sulfide) groups is 1. The number of amides is 1. The van der Waals surface area contributed by atoms with Crippen LogP contribution in [0.1, 0.15) is 41.9 Å². The van der Waals surface area contributed by atoms with E-state index in [4.69, 9.17) is 0 Å². The number of benzene rings is 2. The van der Waals surface area contributed by atoms with Gasteiger partial charge in [-0.25, -0.2) is 0 Å². The Hall–Kier alpha value is -3.51. The van der Waals surface area contributed by atoms with Crippen molar-refractivity contribution in [3.8, 4) is 6.07 Å². The first kappa shape index (κ1) is 24.6. The number of hydrogen-bond donors (Lipinski definition) is 2. The van der Waals surface area contributed by atoms with Crippen LogP contribution in [0, 0.1) is 18.3 Å². The number of halogens is 3. The number of aryl methyl sites for hydroxylation is 1. The summed E-state index contributed by atoms with van der Waals surface area (Å²) < 4.78 is 39.7. The van der Waals surface area contributed by atoms with Crippen molar-refractivity contribution in [2.24, 2.45) is 0 Å². The third kappa shape index (κ3) is 5.28. The first-order valence-electron chi connectivity index (χ1n) is 11.0. The first-order valence-corrected chi connectivity index (χ1v) is 12.0. The third-order valence-electron chi connectivity index (χ3n) is 5.93. The number of carbonyl (C=O) groups is 2. The number of hydrogen-bond acceptors (Lipinski definition) is 5. The zero-order chi connectivity index (χ0) is 25.2. The highest BCUT2D eigenvalue weighted by Gasteiger charge is 2.37. The van der Waals surface area contributed by atoms with Gasteiger partial charge in [0.1, 0.15) is 0 Å². The molecule has 35 heavy (non-hydrogen) atoms. The molecule has 2 N–H and O–H groups in total. The minimum atomic E-state index is -4.60. The van der Waals surface area contributed by atoms with E-state index in [1.54, 1.807) is 0 Å². The van der Waals surface area contributed by atoms with Gasteiger partial charge in [-0.15, -0.1) is 0 Å². The van der Waals surface area contributed by atoms with Gasteiger partial charge in [0.25, 0.3) is 0 Å². The van der Waals surface area contributed by atoms with Crippen molar-refractivity contribution in [2.45, 2.75) is 38.3 Å². The highest BCUT2D eigenvalue weighted by atomic mass is 32.2. The van der Waals surface area contributed by atoms with E-state index in [0.717, 1.165) is 34.7 Å². The standard InChI is InChI=1S/C26H22F3N3O2S/c1-15-9-11-16(12-10-15)23-17(13-30)25(32-20-7-4-8-21(33)24(20)23)35-14-22(34)31-19-6-3-2-5-18(19)26(27,28)29/h2-3,5-6,9-12,23,32H,4,7-8,14H2,1H3,(H,31,34)/t23-/m0/s1.